The Kier molecular flexibility index (Phi) is 6.41. The van der Waals surface area contributed by atoms with E-state index < -0.39 is 5.97 Å². The second-order valence-electron chi connectivity index (χ2n) is 5.94. The van der Waals surface area contributed by atoms with Gasteiger partial charge in [0.1, 0.15) is 0 Å². The van der Waals surface area contributed by atoms with Crippen LogP contribution in [-0.2, 0) is 16.1 Å². The number of hydrogen-bond acceptors (Lipinski definition) is 7. The zero-order valence-corrected chi connectivity index (χ0v) is 16.0. The van der Waals surface area contributed by atoms with Gasteiger partial charge in [-0.25, -0.2) is 4.79 Å². The normalized spacial score (nSPS) is 10.3. The van der Waals surface area contributed by atoms with Gasteiger partial charge in [0.15, 0.2) is 23.9 Å². The fourth-order valence-corrected chi connectivity index (χ4v) is 2.50. The van der Waals surface area contributed by atoms with Crippen molar-refractivity contribution >= 4 is 17.7 Å². The number of hydrogen-bond donors (Lipinski definition) is 1. The lowest BCUT2D eigenvalue weighted by Gasteiger charge is -2.11. The first-order valence-electron chi connectivity index (χ1n) is 8.70. The van der Waals surface area contributed by atoms with Crippen molar-refractivity contribution in [2.75, 3.05) is 26.1 Å². The Bertz CT molecular complexity index is 988. The molecule has 2 aromatic heterocycles. The minimum atomic E-state index is -0.517. The molecule has 1 aromatic carbocycles. The Balaban J connectivity index is 1.65. The number of amides is 1. The summed E-state index contributed by atoms with van der Waals surface area (Å²) < 4.78 is 16.8. The van der Waals surface area contributed by atoms with Crippen molar-refractivity contribution in [2.24, 2.45) is 0 Å². The van der Waals surface area contributed by atoms with E-state index in [0.29, 0.717) is 29.4 Å². The largest absolute Gasteiger partial charge is 0.493 e. The number of methoxy groups -OCH3 is 2. The van der Waals surface area contributed by atoms with Gasteiger partial charge in [-0.05, 0) is 35.9 Å². The molecule has 0 radical (unpaired) electrons. The van der Waals surface area contributed by atoms with E-state index in [4.69, 9.17) is 9.47 Å². The fourth-order valence-electron chi connectivity index (χ4n) is 2.50. The van der Waals surface area contributed by atoms with E-state index >= 15 is 0 Å². The highest BCUT2D eigenvalue weighted by Gasteiger charge is 2.14. The van der Waals surface area contributed by atoms with Crippen LogP contribution in [0.2, 0.25) is 0 Å². The number of rotatable bonds is 8. The molecule has 0 aliphatic rings. The maximum atomic E-state index is 12.5. The molecule has 9 heteroatoms. The average Bonchev–Trinajstić information content (AvgIpc) is 3.19. The highest BCUT2D eigenvalue weighted by atomic mass is 16.6. The molecule has 0 saturated heterocycles. The van der Waals surface area contributed by atoms with Crippen molar-refractivity contribution in [3.05, 3.63) is 66.1 Å². The van der Waals surface area contributed by atoms with Gasteiger partial charge in [0.2, 0.25) is 0 Å². The highest BCUT2D eigenvalue weighted by molar-refractivity contribution is 6.04. The Morgan fingerprint density at radius 2 is 1.86 bits per heavy atom. The van der Waals surface area contributed by atoms with Gasteiger partial charge in [-0.15, -0.1) is 0 Å². The number of carbonyl (C=O) groups excluding carboxylic acids is 2. The maximum Gasteiger partial charge on any atom is 0.343 e. The minimum Gasteiger partial charge on any atom is -0.493 e. The average molecular weight is 396 g/mol. The van der Waals surface area contributed by atoms with Crippen molar-refractivity contribution in [3.63, 3.8) is 0 Å². The van der Waals surface area contributed by atoms with Gasteiger partial charge < -0.3 is 19.5 Å². The predicted molar refractivity (Wildman–Crippen MR) is 104 cm³/mol. The van der Waals surface area contributed by atoms with Crippen molar-refractivity contribution in [1.82, 2.24) is 14.8 Å². The number of nitrogens with zero attached hydrogens (tertiary/aromatic N) is 3. The molecule has 3 rings (SSSR count). The molecule has 0 spiro atoms. The number of esters is 1. The molecule has 1 amide bonds. The Morgan fingerprint density at radius 3 is 2.59 bits per heavy atom. The SMILES string of the molecule is COC(=O)COc1ccc(C(=O)Nc2ccn(Cc3ccncc3)n2)cc1OC. The number of anilines is 1. The summed E-state index contributed by atoms with van der Waals surface area (Å²) in [5.41, 5.74) is 1.41. The zero-order valence-electron chi connectivity index (χ0n) is 16.0. The van der Waals surface area contributed by atoms with Crippen LogP contribution in [0.25, 0.3) is 0 Å². The molecule has 150 valence electrons. The maximum absolute atomic E-state index is 12.5. The summed E-state index contributed by atoms with van der Waals surface area (Å²) in [7, 11) is 2.72. The third-order valence-corrected chi connectivity index (χ3v) is 3.98. The summed E-state index contributed by atoms with van der Waals surface area (Å²) in [6.07, 6.45) is 5.21. The molecule has 0 aliphatic heterocycles. The number of ether oxygens (including phenoxy) is 3. The molecule has 0 bridgehead atoms. The predicted octanol–water partition coefficient (Wildman–Crippen LogP) is 2.14. The Morgan fingerprint density at radius 1 is 1.07 bits per heavy atom. The molecular weight excluding hydrogens is 376 g/mol. The lowest BCUT2D eigenvalue weighted by atomic mass is 10.2. The van der Waals surface area contributed by atoms with Gasteiger partial charge in [-0.2, -0.15) is 5.10 Å². The minimum absolute atomic E-state index is 0.257. The third-order valence-electron chi connectivity index (χ3n) is 3.98. The van der Waals surface area contributed by atoms with Gasteiger partial charge in [-0.3, -0.25) is 14.5 Å². The number of pyridine rings is 1. The number of aromatic nitrogens is 3. The zero-order chi connectivity index (χ0) is 20.6. The van der Waals surface area contributed by atoms with Crippen LogP contribution >= 0.6 is 0 Å². The quantitative estimate of drug-likeness (QED) is 0.582. The summed E-state index contributed by atoms with van der Waals surface area (Å²) in [4.78, 5) is 27.7. The first kappa shape index (κ1) is 19.9. The number of carbonyl (C=O) groups is 2. The lowest BCUT2D eigenvalue weighted by molar-refractivity contribution is -0.142. The van der Waals surface area contributed by atoms with Crippen molar-refractivity contribution in [1.29, 1.82) is 0 Å². The topological polar surface area (TPSA) is 105 Å². The molecule has 3 aromatic rings. The van der Waals surface area contributed by atoms with Crippen LogP contribution in [0, 0.1) is 0 Å². The highest BCUT2D eigenvalue weighted by Crippen LogP contribution is 2.28. The van der Waals surface area contributed by atoms with Crippen LogP contribution in [-0.4, -0.2) is 47.5 Å². The van der Waals surface area contributed by atoms with Gasteiger partial charge in [0, 0.05) is 30.2 Å². The van der Waals surface area contributed by atoms with Gasteiger partial charge >= 0.3 is 5.97 Å². The van der Waals surface area contributed by atoms with Crippen LogP contribution in [0.1, 0.15) is 15.9 Å². The van der Waals surface area contributed by atoms with E-state index in [1.165, 1.54) is 20.3 Å². The molecular formula is C20H20N4O5. The van der Waals surface area contributed by atoms with Crippen LogP contribution < -0.4 is 14.8 Å². The molecule has 2 heterocycles. The Hall–Kier alpha value is -3.88. The summed E-state index contributed by atoms with van der Waals surface area (Å²) in [5, 5.41) is 7.09. The first-order valence-corrected chi connectivity index (χ1v) is 8.70. The van der Waals surface area contributed by atoms with Crippen molar-refractivity contribution in [2.45, 2.75) is 6.54 Å². The Labute approximate surface area is 167 Å². The van der Waals surface area contributed by atoms with Crippen LogP contribution in [0.5, 0.6) is 11.5 Å². The van der Waals surface area contributed by atoms with Crippen molar-refractivity contribution < 1.29 is 23.8 Å². The smallest absolute Gasteiger partial charge is 0.343 e. The molecule has 9 nitrogen and oxygen atoms in total. The van der Waals surface area contributed by atoms with E-state index in [2.05, 4.69) is 20.1 Å². The summed E-state index contributed by atoms with van der Waals surface area (Å²) in [6, 6.07) is 10.2. The molecule has 1 N–H and O–H groups in total. The van der Waals surface area contributed by atoms with Gasteiger partial charge in [0.05, 0.1) is 20.8 Å². The van der Waals surface area contributed by atoms with E-state index in [0.717, 1.165) is 5.56 Å². The standard InChI is InChI=1S/C20H20N4O5/c1-27-17-11-15(3-4-16(17)29-13-19(25)28-2)20(26)22-18-7-10-24(23-18)12-14-5-8-21-9-6-14/h3-11H,12-13H2,1-2H3,(H,22,23,26). The summed E-state index contributed by atoms with van der Waals surface area (Å²) in [5.74, 6) is 0.211. The molecule has 0 unspecified atom stereocenters. The molecule has 29 heavy (non-hydrogen) atoms. The number of nitrogens with one attached hydrogen (secondary N) is 1. The lowest BCUT2D eigenvalue weighted by Crippen LogP contribution is -2.15. The molecule has 0 aliphatic carbocycles. The molecule has 0 saturated carbocycles. The third kappa shape index (κ3) is 5.32. The molecule has 0 atom stereocenters. The van der Waals surface area contributed by atoms with Gasteiger partial charge in [-0.1, -0.05) is 0 Å². The van der Waals surface area contributed by atoms with E-state index in [1.807, 2.05) is 12.1 Å². The van der Waals surface area contributed by atoms with E-state index in [9.17, 15) is 9.59 Å². The monoisotopic (exact) mass is 396 g/mol. The summed E-state index contributed by atoms with van der Waals surface area (Å²) in [6.45, 7) is 0.311. The first-order chi connectivity index (χ1) is 14.1. The molecule has 0 fully saturated rings. The second kappa shape index (κ2) is 9.36. The van der Waals surface area contributed by atoms with E-state index in [1.54, 1.807) is 41.5 Å². The second-order valence-corrected chi connectivity index (χ2v) is 5.94. The van der Waals surface area contributed by atoms with Crippen LogP contribution in [0.3, 0.4) is 0 Å². The van der Waals surface area contributed by atoms with Crippen LogP contribution in [0.15, 0.2) is 55.0 Å². The van der Waals surface area contributed by atoms with E-state index in [-0.39, 0.29) is 12.5 Å². The fraction of sp³-hybridized carbons (Fsp3) is 0.200. The number of benzene rings is 1. The van der Waals surface area contributed by atoms with Crippen LogP contribution in [0.4, 0.5) is 5.82 Å². The van der Waals surface area contributed by atoms with Gasteiger partial charge in [0.25, 0.3) is 5.91 Å². The van der Waals surface area contributed by atoms with Crippen molar-refractivity contribution in [3.8, 4) is 11.5 Å². The summed E-state index contributed by atoms with van der Waals surface area (Å²) >= 11 is 0.